The first-order valence-electron chi connectivity index (χ1n) is 9.97. The number of hydrogen-bond donors (Lipinski definition) is 0. The lowest BCUT2D eigenvalue weighted by Gasteiger charge is -2.36. The summed E-state index contributed by atoms with van der Waals surface area (Å²) in [4.78, 5) is 0.163. The van der Waals surface area contributed by atoms with Gasteiger partial charge >= 0.3 is 0 Å². The molecule has 0 amide bonds. The SMILES string of the molecule is Cc1ccc(S(=O)(=O)N=S(=O)(CC2(OS(C)(=O)=O)CCCCC2)c2ccccc2)cc1. The quantitative estimate of drug-likeness (QED) is 0.551. The number of rotatable bonds is 7. The lowest BCUT2D eigenvalue weighted by molar-refractivity contribution is 0.0607. The van der Waals surface area contributed by atoms with E-state index in [2.05, 4.69) is 3.77 Å². The molecule has 1 saturated carbocycles. The van der Waals surface area contributed by atoms with Gasteiger partial charge in [-0.15, -0.1) is 3.77 Å². The molecule has 0 aliphatic heterocycles. The van der Waals surface area contributed by atoms with Crippen molar-refractivity contribution in [3.63, 3.8) is 0 Å². The Hall–Kier alpha value is -1.75. The highest BCUT2D eigenvalue weighted by Gasteiger charge is 2.41. The van der Waals surface area contributed by atoms with Crippen molar-refractivity contribution in [1.29, 1.82) is 0 Å². The molecule has 0 heterocycles. The van der Waals surface area contributed by atoms with Crippen LogP contribution in [0.1, 0.15) is 37.7 Å². The minimum atomic E-state index is -4.26. The molecule has 31 heavy (non-hydrogen) atoms. The van der Waals surface area contributed by atoms with Crippen LogP contribution < -0.4 is 0 Å². The molecule has 0 bridgehead atoms. The molecule has 0 radical (unpaired) electrons. The predicted octanol–water partition coefficient (Wildman–Crippen LogP) is 3.89. The van der Waals surface area contributed by atoms with Crippen LogP contribution in [0.15, 0.2) is 68.2 Å². The maximum absolute atomic E-state index is 14.2. The van der Waals surface area contributed by atoms with Crippen LogP contribution >= 0.6 is 0 Å². The van der Waals surface area contributed by atoms with E-state index in [1.54, 1.807) is 42.5 Å². The molecule has 1 aliphatic carbocycles. The summed E-state index contributed by atoms with van der Waals surface area (Å²) in [6, 6.07) is 14.2. The number of benzene rings is 2. The van der Waals surface area contributed by atoms with Gasteiger partial charge in [0.25, 0.3) is 20.1 Å². The van der Waals surface area contributed by atoms with Gasteiger partial charge in [0.15, 0.2) is 0 Å². The normalized spacial score (nSPS) is 18.8. The van der Waals surface area contributed by atoms with E-state index in [9.17, 15) is 21.0 Å². The lowest BCUT2D eigenvalue weighted by atomic mass is 9.86. The van der Waals surface area contributed by atoms with Crippen molar-refractivity contribution < 1.29 is 25.2 Å². The van der Waals surface area contributed by atoms with Gasteiger partial charge in [0.2, 0.25) is 0 Å². The Balaban J connectivity index is 2.17. The second-order valence-electron chi connectivity index (χ2n) is 7.99. The van der Waals surface area contributed by atoms with E-state index in [0.717, 1.165) is 18.2 Å². The Morgan fingerprint density at radius 2 is 1.42 bits per heavy atom. The summed E-state index contributed by atoms with van der Waals surface area (Å²) >= 11 is 0. The third kappa shape index (κ3) is 6.15. The van der Waals surface area contributed by atoms with Crippen LogP contribution in [0.5, 0.6) is 0 Å². The summed E-state index contributed by atoms with van der Waals surface area (Å²) in [5.41, 5.74) is -0.379. The van der Waals surface area contributed by atoms with Crippen molar-refractivity contribution in [2.45, 2.75) is 54.4 Å². The molecule has 3 rings (SSSR count). The molecule has 1 atom stereocenters. The molecular weight excluding hydrogens is 458 g/mol. The van der Waals surface area contributed by atoms with E-state index in [1.165, 1.54) is 12.1 Å². The van der Waals surface area contributed by atoms with Gasteiger partial charge in [-0.05, 0) is 44.0 Å². The second kappa shape index (κ2) is 9.01. The molecular formula is C21H27NO6S3. The summed E-state index contributed by atoms with van der Waals surface area (Å²) < 4.78 is 73.7. The molecule has 1 unspecified atom stereocenters. The lowest BCUT2D eigenvalue weighted by Crippen LogP contribution is -2.43. The minimum Gasteiger partial charge on any atom is -0.263 e. The van der Waals surface area contributed by atoms with E-state index < -0.39 is 35.5 Å². The van der Waals surface area contributed by atoms with E-state index in [-0.39, 0.29) is 15.5 Å². The first-order chi connectivity index (χ1) is 14.4. The van der Waals surface area contributed by atoms with E-state index in [4.69, 9.17) is 4.18 Å². The zero-order valence-electron chi connectivity index (χ0n) is 17.6. The van der Waals surface area contributed by atoms with Gasteiger partial charge < -0.3 is 0 Å². The van der Waals surface area contributed by atoms with Crippen molar-refractivity contribution in [1.82, 2.24) is 0 Å². The van der Waals surface area contributed by atoms with Gasteiger partial charge in [-0.1, -0.05) is 55.2 Å². The van der Waals surface area contributed by atoms with E-state index >= 15 is 0 Å². The molecule has 1 fully saturated rings. The second-order valence-corrected chi connectivity index (χ2v) is 13.6. The smallest absolute Gasteiger partial charge is 0.263 e. The van der Waals surface area contributed by atoms with Crippen LogP contribution in [0, 0.1) is 6.92 Å². The van der Waals surface area contributed by atoms with Crippen LogP contribution in [-0.4, -0.2) is 38.7 Å². The van der Waals surface area contributed by atoms with Crippen molar-refractivity contribution in [3.05, 3.63) is 60.2 Å². The predicted molar refractivity (Wildman–Crippen MR) is 120 cm³/mol. The summed E-state index contributed by atoms with van der Waals surface area (Å²) in [5, 5.41) is 0. The van der Waals surface area contributed by atoms with Crippen molar-refractivity contribution >= 4 is 29.9 Å². The summed E-state index contributed by atoms with van der Waals surface area (Å²) in [7, 11) is -11.7. The van der Waals surface area contributed by atoms with Crippen molar-refractivity contribution in [3.8, 4) is 0 Å². The van der Waals surface area contributed by atoms with Crippen LogP contribution in [0.4, 0.5) is 0 Å². The maximum Gasteiger partial charge on any atom is 0.290 e. The molecule has 170 valence electrons. The molecule has 7 nitrogen and oxygen atoms in total. The van der Waals surface area contributed by atoms with Gasteiger partial charge in [-0.25, -0.2) is 4.21 Å². The fourth-order valence-electron chi connectivity index (χ4n) is 3.82. The van der Waals surface area contributed by atoms with E-state index in [1.807, 2.05) is 6.92 Å². The molecule has 0 N–H and O–H groups in total. The fraction of sp³-hybridized carbons (Fsp3) is 0.429. The monoisotopic (exact) mass is 485 g/mol. The van der Waals surface area contributed by atoms with Crippen LogP contribution in [0.25, 0.3) is 0 Å². The summed E-state index contributed by atoms with van der Waals surface area (Å²) in [6.07, 6.45) is 3.98. The zero-order valence-corrected chi connectivity index (χ0v) is 20.0. The molecule has 0 saturated heterocycles. The Labute approximate surface area is 185 Å². The largest absolute Gasteiger partial charge is 0.290 e. The average Bonchev–Trinajstić information content (AvgIpc) is 2.67. The average molecular weight is 486 g/mol. The highest BCUT2D eigenvalue weighted by atomic mass is 32.3. The first-order valence-corrected chi connectivity index (χ1v) is 14.9. The highest BCUT2D eigenvalue weighted by molar-refractivity contribution is 8.03. The van der Waals surface area contributed by atoms with Crippen LogP contribution in [-0.2, 0) is 34.1 Å². The Morgan fingerprint density at radius 1 is 0.839 bits per heavy atom. The maximum atomic E-state index is 14.2. The molecule has 0 spiro atoms. The summed E-state index contributed by atoms with van der Waals surface area (Å²) in [6.45, 7) is 1.83. The molecule has 2 aromatic carbocycles. The number of aryl methyl sites for hydroxylation is 1. The number of hydrogen-bond acceptors (Lipinski definition) is 6. The molecule has 2 aromatic rings. The standard InChI is InChI=1S/C21H27NO6S3/c1-18-11-13-20(14-12-18)31(26,27)22-30(25,19-9-5-3-6-10-19)17-21(28-29(2,23)24)15-7-4-8-16-21/h3,5-6,9-14H,4,7-8,15-17H2,1-2H3. The van der Waals surface area contributed by atoms with Gasteiger partial charge in [0, 0.05) is 4.90 Å². The Morgan fingerprint density at radius 3 is 1.97 bits per heavy atom. The molecule has 10 heteroatoms. The van der Waals surface area contributed by atoms with Crippen LogP contribution in [0.3, 0.4) is 0 Å². The zero-order chi connectivity index (χ0) is 22.8. The van der Waals surface area contributed by atoms with E-state index in [0.29, 0.717) is 25.7 Å². The van der Waals surface area contributed by atoms with Crippen molar-refractivity contribution in [2.24, 2.45) is 3.77 Å². The van der Waals surface area contributed by atoms with Gasteiger partial charge in [0.1, 0.15) is 5.60 Å². The van der Waals surface area contributed by atoms with Gasteiger partial charge in [-0.3, -0.25) is 4.18 Å². The topological polar surface area (TPSA) is 107 Å². The first kappa shape index (κ1) is 23.9. The Kier molecular flexibility index (Phi) is 6.95. The third-order valence-corrected chi connectivity index (χ3v) is 10.4. The molecule has 0 aromatic heterocycles. The third-order valence-electron chi connectivity index (χ3n) is 5.20. The minimum absolute atomic E-state index is 0.0662. The summed E-state index contributed by atoms with van der Waals surface area (Å²) in [5.74, 6) is -0.317. The van der Waals surface area contributed by atoms with Crippen molar-refractivity contribution in [2.75, 3.05) is 12.0 Å². The number of sulfonamides is 1. The number of nitrogens with zero attached hydrogens (tertiary/aromatic N) is 1. The highest BCUT2D eigenvalue weighted by Crippen LogP contribution is 2.37. The van der Waals surface area contributed by atoms with Crippen LogP contribution in [0.2, 0.25) is 0 Å². The fourth-order valence-corrected chi connectivity index (χ4v) is 9.22. The Bertz CT molecular complexity index is 1240. The van der Waals surface area contributed by atoms with Gasteiger partial charge in [0.05, 0.1) is 26.6 Å². The van der Waals surface area contributed by atoms with Gasteiger partial charge in [-0.2, -0.15) is 16.8 Å². The molecule has 1 aliphatic rings.